The maximum absolute atomic E-state index is 11.6. The van der Waals surface area contributed by atoms with Gasteiger partial charge in [0.25, 0.3) is 5.91 Å². The summed E-state index contributed by atoms with van der Waals surface area (Å²) in [6.45, 7) is 2.85. The van der Waals surface area contributed by atoms with Gasteiger partial charge in [0.2, 0.25) is 0 Å². The third kappa shape index (κ3) is 2.93. The Morgan fingerprint density at radius 3 is 3.00 bits per heavy atom. The molecule has 0 radical (unpaired) electrons. The number of anilines is 1. The van der Waals surface area contributed by atoms with Crippen LogP contribution < -0.4 is 16.4 Å². The van der Waals surface area contributed by atoms with E-state index in [0.717, 1.165) is 12.1 Å². The number of pyridine rings is 1. The van der Waals surface area contributed by atoms with Crippen molar-refractivity contribution in [2.75, 3.05) is 18.9 Å². The number of aromatic nitrogens is 1. The zero-order valence-corrected chi connectivity index (χ0v) is 12.3. The van der Waals surface area contributed by atoms with Crippen LogP contribution in [0.2, 0.25) is 0 Å². The number of nitrogens with two attached hydrogens (primary N) is 1. The molecule has 1 aliphatic carbocycles. The van der Waals surface area contributed by atoms with Crippen molar-refractivity contribution in [3.05, 3.63) is 24.0 Å². The lowest BCUT2D eigenvalue weighted by molar-refractivity contribution is 0.0958. The van der Waals surface area contributed by atoms with Gasteiger partial charge in [-0.3, -0.25) is 9.78 Å². The molecule has 0 spiro atoms. The number of carbonyl (C=O) groups is 1. The van der Waals surface area contributed by atoms with Crippen molar-refractivity contribution in [3.63, 3.8) is 0 Å². The molecule has 110 valence electrons. The first kappa shape index (κ1) is 14.8. The Labute approximate surface area is 120 Å². The van der Waals surface area contributed by atoms with E-state index < -0.39 is 0 Å². The standard InChI is InChI=1S/C15H24N4O/c1-11-5-3-4-7-15(11,10-16)19-12-6-8-18-13(9-12)14(20)17-2/h6,8-9,11H,3-5,7,10,16H2,1-2H3,(H,17,20)(H,18,19). The highest BCUT2D eigenvalue weighted by molar-refractivity contribution is 5.92. The third-order valence-corrected chi connectivity index (χ3v) is 4.43. The minimum atomic E-state index is -0.174. The first-order chi connectivity index (χ1) is 9.61. The number of nitrogens with zero attached hydrogens (tertiary/aromatic N) is 1. The van der Waals surface area contributed by atoms with Crippen molar-refractivity contribution in [1.82, 2.24) is 10.3 Å². The van der Waals surface area contributed by atoms with Gasteiger partial charge in [0.05, 0.1) is 5.54 Å². The smallest absolute Gasteiger partial charge is 0.269 e. The fourth-order valence-electron chi connectivity index (χ4n) is 3.00. The van der Waals surface area contributed by atoms with E-state index >= 15 is 0 Å². The predicted octanol–water partition coefficient (Wildman–Crippen LogP) is 1.76. The van der Waals surface area contributed by atoms with Crippen molar-refractivity contribution >= 4 is 11.6 Å². The lowest BCUT2D eigenvalue weighted by Gasteiger charge is -2.43. The van der Waals surface area contributed by atoms with Crippen LogP contribution in [0.4, 0.5) is 5.69 Å². The molecule has 1 fully saturated rings. The maximum atomic E-state index is 11.6. The molecule has 0 bridgehead atoms. The Balaban J connectivity index is 2.21. The van der Waals surface area contributed by atoms with Gasteiger partial charge in [0, 0.05) is 25.5 Å². The van der Waals surface area contributed by atoms with Crippen molar-refractivity contribution in [2.24, 2.45) is 11.7 Å². The molecule has 2 unspecified atom stereocenters. The van der Waals surface area contributed by atoms with Gasteiger partial charge < -0.3 is 16.4 Å². The molecule has 1 heterocycles. The van der Waals surface area contributed by atoms with E-state index in [1.54, 1.807) is 19.3 Å². The van der Waals surface area contributed by atoms with E-state index in [0.29, 0.717) is 18.2 Å². The van der Waals surface area contributed by atoms with Crippen LogP contribution in [0.5, 0.6) is 0 Å². The van der Waals surface area contributed by atoms with E-state index in [1.165, 1.54) is 19.3 Å². The first-order valence-corrected chi connectivity index (χ1v) is 7.27. The number of rotatable bonds is 4. The molecule has 2 rings (SSSR count). The maximum Gasteiger partial charge on any atom is 0.269 e. The number of carbonyl (C=O) groups excluding carboxylic acids is 1. The van der Waals surface area contributed by atoms with E-state index in [9.17, 15) is 4.79 Å². The Morgan fingerprint density at radius 2 is 2.35 bits per heavy atom. The second kappa shape index (κ2) is 6.22. The SMILES string of the molecule is CNC(=O)c1cc(NC2(CN)CCCCC2C)ccn1. The van der Waals surface area contributed by atoms with Crippen molar-refractivity contribution < 1.29 is 4.79 Å². The summed E-state index contributed by atoms with van der Waals surface area (Å²) in [5.41, 5.74) is 7.31. The summed E-state index contributed by atoms with van der Waals surface area (Å²) in [6.07, 6.45) is 6.39. The van der Waals surface area contributed by atoms with Crippen LogP contribution in [0.1, 0.15) is 43.1 Å². The summed E-state index contributed by atoms with van der Waals surface area (Å²) in [5, 5.41) is 6.16. The normalized spacial score (nSPS) is 26.1. The Morgan fingerprint density at radius 1 is 1.55 bits per heavy atom. The average Bonchev–Trinajstić information content (AvgIpc) is 2.49. The van der Waals surface area contributed by atoms with E-state index in [4.69, 9.17) is 5.73 Å². The van der Waals surface area contributed by atoms with Gasteiger partial charge in [0.15, 0.2) is 0 Å². The predicted molar refractivity (Wildman–Crippen MR) is 80.7 cm³/mol. The first-order valence-electron chi connectivity index (χ1n) is 7.27. The van der Waals surface area contributed by atoms with Gasteiger partial charge in [-0.2, -0.15) is 0 Å². The third-order valence-electron chi connectivity index (χ3n) is 4.43. The van der Waals surface area contributed by atoms with Crippen LogP contribution in [0.3, 0.4) is 0 Å². The molecule has 2 atom stereocenters. The van der Waals surface area contributed by atoms with Crippen molar-refractivity contribution in [3.8, 4) is 0 Å². The van der Waals surface area contributed by atoms with Crippen LogP contribution in [0.25, 0.3) is 0 Å². The molecule has 20 heavy (non-hydrogen) atoms. The minimum Gasteiger partial charge on any atom is -0.378 e. The average molecular weight is 276 g/mol. The Hall–Kier alpha value is -1.62. The van der Waals surface area contributed by atoms with Crippen LogP contribution in [-0.4, -0.2) is 30.0 Å². The number of hydrogen-bond donors (Lipinski definition) is 3. The van der Waals surface area contributed by atoms with Crippen LogP contribution in [-0.2, 0) is 0 Å². The molecule has 1 aromatic rings. The quantitative estimate of drug-likeness (QED) is 0.783. The summed E-state index contributed by atoms with van der Waals surface area (Å²) >= 11 is 0. The summed E-state index contributed by atoms with van der Waals surface area (Å²) < 4.78 is 0. The second-order valence-electron chi connectivity index (χ2n) is 5.64. The summed E-state index contributed by atoms with van der Waals surface area (Å²) in [5.74, 6) is 0.352. The zero-order chi connectivity index (χ0) is 14.6. The number of amides is 1. The molecule has 0 aliphatic heterocycles. The molecule has 1 saturated carbocycles. The lowest BCUT2D eigenvalue weighted by Crippen LogP contribution is -2.52. The van der Waals surface area contributed by atoms with Gasteiger partial charge in [-0.05, 0) is 30.9 Å². The monoisotopic (exact) mass is 276 g/mol. The van der Waals surface area contributed by atoms with Gasteiger partial charge in [-0.25, -0.2) is 0 Å². The summed E-state index contributed by atoms with van der Waals surface area (Å²) in [7, 11) is 1.61. The van der Waals surface area contributed by atoms with Crippen molar-refractivity contribution in [1.29, 1.82) is 0 Å². The Kier molecular flexibility index (Phi) is 4.60. The van der Waals surface area contributed by atoms with E-state index in [-0.39, 0.29) is 11.4 Å². The van der Waals surface area contributed by atoms with Gasteiger partial charge >= 0.3 is 0 Å². The minimum absolute atomic E-state index is 0.0699. The Bertz CT molecular complexity index is 477. The zero-order valence-electron chi connectivity index (χ0n) is 12.3. The second-order valence-corrected chi connectivity index (χ2v) is 5.64. The molecule has 1 aliphatic rings. The molecule has 1 aromatic heterocycles. The van der Waals surface area contributed by atoms with Crippen molar-refractivity contribution in [2.45, 2.75) is 38.1 Å². The molecule has 0 aromatic carbocycles. The topological polar surface area (TPSA) is 80.0 Å². The van der Waals surface area contributed by atoms with Crippen LogP contribution in [0.15, 0.2) is 18.3 Å². The van der Waals surface area contributed by atoms with Gasteiger partial charge in [-0.15, -0.1) is 0 Å². The molecular weight excluding hydrogens is 252 g/mol. The molecular formula is C15H24N4O. The fraction of sp³-hybridized carbons (Fsp3) is 0.600. The largest absolute Gasteiger partial charge is 0.378 e. The molecule has 5 nitrogen and oxygen atoms in total. The van der Waals surface area contributed by atoms with Gasteiger partial charge in [0.1, 0.15) is 5.69 Å². The highest BCUT2D eigenvalue weighted by Crippen LogP contribution is 2.35. The van der Waals surface area contributed by atoms with E-state index in [2.05, 4.69) is 22.5 Å². The van der Waals surface area contributed by atoms with Crippen LogP contribution >= 0.6 is 0 Å². The number of hydrogen-bond acceptors (Lipinski definition) is 4. The van der Waals surface area contributed by atoms with Crippen LogP contribution in [0, 0.1) is 5.92 Å². The van der Waals surface area contributed by atoms with E-state index in [1.807, 2.05) is 6.07 Å². The summed E-state index contributed by atoms with van der Waals surface area (Å²) in [4.78, 5) is 15.7. The molecule has 4 N–H and O–H groups in total. The molecule has 0 saturated heterocycles. The highest BCUT2D eigenvalue weighted by atomic mass is 16.1. The summed E-state index contributed by atoms with van der Waals surface area (Å²) in [6, 6.07) is 3.68. The lowest BCUT2D eigenvalue weighted by atomic mass is 9.73. The fourth-order valence-corrected chi connectivity index (χ4v) is 3.00. The van der Waals surface area contributed by atoms with Gasteiger partial charge in [-0.1, -0.05) is 19.8 Å². The molecule has 1 amide bonds. The highest BCUT2D eigenvalue weighted by Gasteiger charge is 2.36. The number of nitrogens with one attached hydrogen (secondary N) is 2. The molecule has 5 heteroatoms.